The molecule has 0 saturated heterocycles. The van der Waals surface area contributed by atoms with Crippen LogP contribution in [0.2, 0.25) is 5.02 Å². The number of hydrogen-bond donors (Lipinski definition) is 0. The molecule has 0 fully saturated rings. The highest BCUT2D eigenvalue weighted by molar-refractivity contribution is 6.31. The van der Waals surface area contributed by atoms with Crippen LogP contribution in [0.3, 0.4) is 0 Å². The van der Waals surface area contributed by atoms with Crippen molar-refractivity contribution in [1.82, 2.24) is 0 Å². The number of methoxy groups -OCH3 is 1. The zero-order valence-electron chi connectivity index (χ0n) is 14.0. The molecule has 1 aromatic rings. The lowest BCUT2D eigenvalue weighted by atomic mass is 10.1. The first-order chi connectivity index (χ1) is 10.2. The first-order valence-corrected chi connectivity index (χ1v) is 7.40. The Labute approximate surface area is 138 Å². The zero-order chi connectivity index (χ0) is 17.2. The SMILES string of the molecule is C/C=C/Cc1ccc(OC)cc1Cl.C=CC(=O)OC(C)(C)C. The molecule has 0 heterocycles. The molecule has 0 atom stereocenters. The molecular formula is C18H25ClO3. The topological polar surface area (TPSA) is 35.5 Å². The second kappa shape index (κ2) is 10.1. The van der Waals surface area contributed by atoms with Gasteiger partial charge in [-0.2, -0.15) is 0 Å². The fraction of sp³-hybridized carbons (Fsp3) is 0.389. The summed E-state index contributed by atoms with van der Waals surface area (Å²) < 4.78 is 9.88. The fourth-order valence-corrected chi connectivity index (χ4v) is 1.66. The van der Waals surface area contributed by atoms with Crippen molar-refractivity contribution in [3.63, 3.8) is 0 Å². The summed E-state index contributed by atoms with van der Waals surface area (Å²) in [6, 6.07) is 5.74. The molecule has 3 nitrogen and oxygen atoms in total. The van der Waals surface area contributed by atoms with E-state index in [1.54, 1.807) is 7.11 Å². The van der Waals surface area contributed by atoms with Gasteiger partial charge in [-0.25, -0.2) is 4.79 Å². The Morgan fingerprint density at radius 2 is 2.00 bits per heavy atom. The lowest BCUT2D eigenvalue weighted by Crippen LogP contribution is -2.22. The number of ether oxygens (including phenoxy) is 2. The van der Waals surface area contributed by atoms with Crippen LogP contribution in [-0.4, -0.2) is 18.7 Å². The second-order valence-corrected chi connectivity index (χ2v) is 5.88. The van der Waals surface area contributed by atoms with Gasteiger partial charge in [0.2, 0.25) is 0 Å². The van der Waals surface area contributed by atoms with E-state index < -0.39 is 5.60 Å². The van der Waals surface area contributed by atoms with Gasteiger partial charge in [0, 0.05) is 11.1 Å². The van der Waals surface area contributed by atoms with Crippen molar-refractivity contribution in [2.24, 2.45) is 0 Å². The standard InChI is InChI=1S/C11H13ClO.C7H12O2/c1-3-4-5-9-6-7-10(13-2)8-11(9)12;1-5-6(8)9-7(2,3)4/h3-4,6-8H,5H2,1-2H3;5H,1H2,2-4H3/b4-3+;. The smallest absolute Gasteiger partial charge is 0.330 e. The Bertz CT molecular complexity index is 514. The van der Waals surface area contributed by atoms with Crippen LogP contribution in [0.4, 0.5) is 0 Å². The van der Waals surface area contributed by atoms with E-state index in [9.17, 15) is 4.79 Å². The van der Waals surface area contributed by atoms with Crippen molar-refractivity contribution in [3.05, 3.63) is 53.6 Å². The van der Waals surface area contributed by atoms with Gasteiger partial charge in [0.1, 0.15) is 11.4 Å². The van der Waals surface area contributed by atoms with Crippen molar-refractivity contribution >= 4 is 17.6 Å². The van der Waals surface area contributed by atoms with E-state index in [2.05, 4.69) is 12.7 Å². The van der Waals surface area contributed by atoms with Gasteiger partial charge in [0.05, 0.1) is 7.11 Å². The van der Waals surface area contributed by atoms with Crippen LogP contribution in [0, 0.1) is 0 Å². The molecule has 0 bridgehead atoms. The van der Waals surface area contributed by atoms with Crippen molar-refractivity contribution in [2.45, 2.75) is 39.7 Å². The van der Waals surface area contributed by atoms with Gasteiger partial charge >= 0.3 is 5.97 Å². The predicted octanol–water partition coefficient (Wildman–Crippen LogP) is 4.98. The summed E-state index contributed by atoms with van der Waals surface area (Å²) in [6.07, 6.45) is 6.12. The maximum atomic E-state index is 10.5. The van der Waals surface area contributed by atoms with Gasteiger partial charge in [-0.15, -0.1) is 0 Å². The number of benzene rings is 1. The lowest BCUT2D eigenvalue weighted by molar-refractivity contribution is -0.148. The third-order valence-electron chi connectivity index (χ3n) is 2.41. The van der Waals surface area contributed by atoms with E-state index in [1.165, 1.54) is 0 Å². The molecule has 0 unspecified atom stereocenters. The van der Waals surface area contributed by atoms with Gasteiger partial charge in [-0.1, -0.05) is 36.4 Å². The Balaban J connectivity index is 0.000000433. The molecule has 0 aliphatic rings. The average Bonchev–Trinajstić information content (AvgIpc) is 2.44. The summed E-state index contributed by atoms with van der Waals surface area (Å²) in [7, 11) is 1.64. The zero-order valence-corrected chi connectivity index (χ0v) is 14.7. The minimum Gasteiger partial charge on any atom is -0.497 e. The summed E-state index contributed by atoms with van der Waals surface area (Å²) >= 11 is 6.03. The van der Waals surface area contributed by atoms with E-state index in [0.29, 0.717) is 0 Å². The first-order valence-electron chi connectivity index (χ1n) is 7.02. The molecule has 0 saturated carbocycles. The number of halogens is 1. The first kappa shape index (κ1) is 20.3. The van der Waals surface area contributed by atoms with Crippen LogP contribution >= 0.6 is 11.6 Å². The highest BCUT2D eigenvalue weighted by atomic mass is 35.5. The van der Waals surface area contributed by atoms with E-state index in [4.69, 9.17) is 21.1 Å². The molecule has 0 amide bonds. The summed E-state index contributed by atoms with van der Waals surface area (Å²) in [5, 5.41) is 0.762. The van der Waals surface area contributed by atoms with E-state index in [1.807, 2.05) is 52.0 Å². The van der Waals surface area contributed by atoms with Crippen molar-refractivity contribution in [3.8, 4) is 5.75 Å². The molecule has 0 N–H and O–H groups in total. The number of allylic oxidation sites excluding steroid dienone is 2. The number of rotatable bonds is 4. The van der Waals surface area contributed by atoms with Crippen LogP contribution in [0.15, 0.2) is 43.0 Å². The number of carbonyl (C=O) groups is 1. The molecule has 0 aromatic heterocycles. The normalized spacial score (nSPS) is 10.6. The van der Waals surface area contributed by atoms with Crippen molar-refractivity contribution in [2.75, 3.05) is 7.11 Å². The van der Waals surface area contributed by atoms with Gasteiger partial charge in [-0.3, -0.25) is 0 Å². The number of carbonyl (C=O) groups excluding carboxylic acids is 1. The minimum absolute atomic E-state index is 0.373. The minimum atomic E-state index is -0.398. The highest BCUT2D eigenvalue weighted by Crippen LogP contribution is 2.22. The quantitative estimate of drug-likeness (QED) is 0.445. The lowest BCUT2D eigenvalue weighted by Gasteiger charge is -2.17. The molecule has 0 spiro atoms. The number of esters is 1. The van der Waals surface area contributed by atoms with Crippen LogP contribution in [0.1, 0.15) is 33.3 Å². The van der Waals surface area contributed by atoms with E-state index in [0.717, 1.165) is 28.8 Å². The van der Waals surface area contributed by atoms with E-state index >= 15 is 0 Å². The predicted molar refractivity (Wildman–Crippen MR) is 92.6 cm³/mol. The summed E-state index contributed by atoms with van der Waals surface area (Å²) in [4.78, 5) is 10.5. The fourth-order valence-electron chi connectivity index (χ4n) is 1.41. The second-order valence-electron chi connectivity index (χ2n) is 5.47. The average molecular weight is 325 g/mol. The van der Waals surface area contributed by atoms with Gasteiger partial charge in [0.15, 0.2) is 0 Å². The molecule has 0 aliphatic heterocycles. The monoisotopic (exact) mass is 324 g/mol. The van der Waals surface area contributed by atoms with Gasteiger partial charge in [-0.05, 0) is 51.8 Å². The van der Waals surface area contributed by atoms with Gasteiger partial charge in [0.25, 0.3) is 0 Å². The molecule has 1 rings (SSSR count). The number of hydrogen-bond acceptors (Lipinski definition) is 3. The molecule has 0 aliphatic carbocycles. The molecule has 1 aromatic carbocycles. The van der Waals surface area contributed by atoms with Gasteiger partial charge < -0.3 is 9.47 Å². The molecule has 0 radical (unpaired) electrons. The van der Waals surface area contributed by atoms with Crippen LogP contribution in [0.25, 0.3) is 0 Å². The van der Waals surface area contributed by atoms with Crippen molar-refractivity contribution < 1.29 is 14.3 Å². The Morgan fingerprint density at radius 3 is 2.36 bits per heavy atom. The molecule has 122 valence electrons. The van der Waals surface area contributed by atoms with Crippen LogP contribution < -0.4 is 4.74 Å². The van der Waals surface area contributed by atoms with Crippen LogP contribution in [0.5, 0.6) is 5.75 Å². The Kier molecular flexibility index (Phi) is 9.27. The third kappa shape index (κ3) is 9.24. The molecule has 4 heteroatoms. The maximum absolute atomic E-state index is 10.5. The van der Waals surface area contributed by atoms with Crippen LogP contribution in [-0.2, 0) is 16.0 Å². The highest BCUT2D eigenvalue weighted by Gasteiger charge is 2.12. The molecular weight excluding hydrogens is 300 g/mol. The summed E-state index contributed by atoms with van der Waals surface area (Å²) in [5.41, 5.74) is 0.728. The summed E-state index contributed by atoms with van der Waals surface area (Å²) in [6.45, 7) is 10.7. The van der Waals surface area contributed by atoms with E-state index in [-0.39, 0.29) is 5.97 Å². The third-order valence-corrected chi connectivity index (χ3v) is 2.76. The maximum Gasteiger partial charge on any atom is 0.330 e. The largest absolute Gasteiger partial charge is 0.497 e. The Morgan fingerprint density at radius 1 is 1.36 bits per heavy atom. The molecule has 22 heavy (non-hydrogen) atoms. The Hall–Kier alpha value is -1.74. The summed E-state index contributed by atoms with van der Waals surface area (Å²) in [5.74, 6) is 0.428. The van der Waals surface area contributed by atoms with Crippen molar-refractivity contribution in [1.29, 1.82) is 0 Å².